The molecule has 0 aromatic heterocycles. The van der Waals surface area contributed by atoms with Crippen LogP contribution in [0.5, 0.6) is 5.75 Å². The normalized spacial score (nSPS) is 19.6. The number of carbonyl (C=O) groups excluding carboxylic acids is 1. The second-order valence-corrected chi connectivity index (χ2v) is 8.89. The van der Waals surface area contributed by atoms with Crippen LogP contribution in [0, 0.1) is 6.92 Å². The van der Waals surface area contributed by atoms with Crippen LogP contribution in [0.15, 0.2) is 76.3 Å². The van der Waals surface area contributed by atoms with Crippen molar-refractivity contribution in [1.29, 1.82) is 0 Å². The third kappa shape index (κ3) is 3.42. The molecule has 5 rings (SSSR count). The average Bonchev–Trinajstić information content (AvgIpc) is 3.19. The van der Waals surface area contributed by atoms with Crippen molar-refractivity contribution in [3.8, 4) is 5.75 Å². The molecule has 4 nitrogen and oxygen atoms in total. The van der Waals surface area contributed by atoms with Crippen molar-refractivity contribution in [1.82, 2.24) is 5.01 Å². The molecule has 0 radical (unpaired) electrons. The summed E-state index contributed by atoms with van der Waals surface area (Å²) in [7, 11) is 0. The minimum absolute atomic E-state index is 0.0728. The van der Waals surface area contributed by atoms with Crippen molar-refractivity contribution in [2.45, 2.75) is 25.6 Å². The van der Waals surface area contributed by atoms with Gasteiger partial charge in [-0.05, 0) is 42.8 Å². The SMILES string of the molecule is Cc1ccc(C(=O)[C@H]2Oc3ccc(Br)cc3[C@@H]3CC(c4ccc(Cl)cc4)=NN23)cc1. The topological polar surface area (TPSA) is 41.9 Å². The summed E-state index contributed by atoms with van der Waals surface area (Å²) in [5.41, 5.74) is 4.64. The third-order valence-corrected chi connectivity index (χ3v) is 6.23. The third-order valence-electron chi connectivity index (χ3n) is 5.49. The zero-order valence-corrected chi connectivity index (χ0v) is 18.5. The lowest BCUT2D eigenvalue weighted by atomic mass is 9.95. The van der Waals surface area contributed by atoms with Crippen LogP contribution in [0.3, 0.4) is 0 Å². The fourth-order valence-corrected chi connectivity index (χ4v) is 4.41. The second kappa shape index (κ2) is 7.56. The number of fused-ring (bicyclic) bond motifs is 3. The quantitative estimate of drug-likeness (QED) is 0.421. The number of nitrogens with zero attached hydrogens (tertiary/aromatic N) is 2. The van der Waals surface area contributed by atoms with Crippen molar-refractivity contribution >= 4 is 39.0 Å². The number of carbonyl (C=O) groups is 1. The van der Waals surface area contributed by atoms with Crippen molar-refractivity contribution < 1.29 is 9.53 Å². The van der Waals surface area contributed by atoms with E-state index in [1.54, 1.807) is 5.01 Å². The van der Waals surface area contributed by atoms with Crippen LogP contribution in [-0.2, 0) is 0 Å². The Hall–Kier alpha value is -2.63. The predicted octanol–water partition coefficient (Wildman–Crippen LogP) is 6.16. The molecule has 3 aromatic rings. The van der Waals surface area contributed by atoms with Gasteiger partial charge in [0.05, 0.1) is 11.8 Å². The van der Waals surface area contributed by atoms with Gasteiger partial charge in [0.25, 0.3) is 6.23 Å². The van der Waals surface area contributed by atoms with Gasteiger partial charge in [0.15, 0.2) is 0 Å². The van der Waals surface area contributed by atoms with Crippen LogP contribution in [0.1, 0.15) is 39.5 Å². The van der Waals surface area contributed by atoms with Crippen molar-refractivity contribution in [3.63, 3.8) is 0 Å². The van der Waals surface area contributed by atoms with E-state index in [2.05, 4.69) is 15.9 Å². The van der Waals surface area contributed by atoms with E-state index in [9.17, 15) is 4.79 Å². The molecule has 150 valence electrons. The molecule has 2 heterocycles. The van der Waals surface area contributed by atoms with E-state index in [0.29, 0.717) is 17.0 Å². The Morgan fingerprint density at radius 1 is 1.10 bits per heavy atom. The van der Waals surface area contributed by atoms with E-state index in [0.717, 1.165) is 32.6 Å². The molecule has 0 aliphatic carbocycles. The first-order valence-electron chi connectivity index (χ1n) is 9.68. The number of hydrogen-bond donors (Lipinski definition) is 0. The molecule has 0 saturated heterocycles. The lowest BCUT2D eigenvalue weighted by Gasteiger charge is -2.37. The summed E-state index contributed by atoms with van der Waals surface area (Å²) in [5.74, 6) is 0.618. The number of Topliss-reactive ketones (excluding diaryl/α,β-unsaturated/α-hetero) is 1. The molecule has 0 fully saturated rings. The molecule has 3 aromatic carbocycles. The Balaban J connectivity index is 1.57. The molecule has 6 heteroatoms. The minimum Gasteiger partial charge on any atom is -0.461 e. The number of hydrogen-bond acceptors (Lipinski definition) is 4. The van der Waals surface area contributed by atoms with Crippen LogP contribution in [0.25, 0.3) is 0 Å². The Labute approximate surface area is 188 Å². The summed E-state index contributed by atoms with van der Waals surface area (Å²) in [4.78, 5) is 13.4. The summed E-state index contributed by atoms with van der Waals surface area (Å²) >= 11 is 9.60. The van der Waals surface area contributed by atoms with E-state index >= 15 is 0 Å². The Morgan fingerprint density at radius 3 is 2.57 bits per heavy atom. The molecule has 0 spiro atoms. The zero-order valence-electron chi connectivity index (χ0n) is 16.2. The van der Waals surface area contributed by atoms with E-state index < -0.39 is 6.23 Å². The number of benzene rings is 3. The number of rotatable bonds is 3. The van der Waals surface area contributed by atoms with Crippen molar-refractivity contribution in [2.24, 2.45) is 5.10 Å². The van der Waals surface area contributed by atoms with E-state index in [4.69, 9.17) is 21.4 Å². The maximum absolute atomic E-state index is 13.4. The maximum atomic E-state index is 13.4. The first-order chi connectivity index (χ1) is 14.5. The van der Waals surface area contributed by atoms with Gasteiger partial charge in [-0.25, -0.2) is 5.01 Å². The number of ketones is 1. The van der Waals surface area contributed by atoms with Crippen molar-refractivity contribution in [2.75, 3.05) is 0 Å². The molecule has 0 unspecified atom stereocenters. The number of hydrazone groups is 1. The number of halogens is 2. The smallest absolute Gasteiger partial charge is 0.251 e. The molecular weight excluding hydrogens is 464 g/mol. The first kappa shape index (κ1) is 19.3. The summed E-state index contributed by atoms with van der Waals surface area (Å²) in [6.45, 7) is 2.00. The lowest BCUT2D eigenvalue weighted by Crippen LogP contribution is -2.45. The van der Waals surface area contributed by atoms with Gasteiger partial charge in [-0.2, -0.15) is 5.10 Å². The molecule has 2 aliphatic rings. The van der Waals surface area contributed by atoms with Crippen LogP contribution < -0.4 is 4.74 Å². The van der Waals surface area contributed by atoms with E-state index in [-0.39, 0.29) is 11.8 Å². The fourth-order valence-electron chi connectivity index (χ4n) is 3.91. The zero-order chi connectivity index (χ0) is 20.8. The summed E-state index contributed by atoms with van der Waals surface area (Å²) in [5, 5.41) is 7.32. The Kier molecular flexibility index (Phi) is 4.88. The standard InChI is InChI=1S/C24H18BrClN2O2/c1-14-2-4-16(5-3-14)23(29)24-28-21(19-12-17(25)8-11-22(19)30-24)13-20(27-28)15-6-9-18(26)10-7-15/h2-12,21,24H,13H2,1H3/t21-,24+/m0/s1. The van der Waals surface area contributed by atoms with E-state index in [1.165, 1.54) is 0 Å². The average molecular weight is 482 g/mol. The Bertz CT molecular complexity index is 1160. The van der Waals surface area contributed by atoms with Gasteiger partial charge in [0.2, 0.25) is 5.78 Å². The van der Waals surface area contributed by atoms with Crippen LogP contribution in [0.4, 0.5) is 0 Å². The minimum atomic E-state index is -0.809. The van der Waals surface area contributed by atoms with E-state index in [1.807, 2.05) is 73.7 Å². The highest BCUT2D eigenvalue weighted by atomic mass is 79.9. The van der Waals surface area contributed by atoms with Gasteiger partial charge in [-0.15, -0.1) is 0 Å². The number of ether oxygens (including phenoxy) is 1. The highest BCUT2D eigenvalue weighted by molar-refractivity contribution is 9.10. The van der Waals surface area contributed by atoms with Crippen molar-refractivity contribution in [3.05, 3.63) is 98.5 Å². The van der Waals surface area contributed by atoms with Gasteiger partial charge in [0.1, 0.15) is 5.75 Å². The molecular formula is C24H18BrClN2O2. The number of aryl methyl sites for hydroxylation is 1. The van der Waals surface area contributed by atoms with Gasteiger partial charge < -0.3 is 4.74 Å². The highest BCUT2D eigenvalue weighted by Gasteiger charge is 2.43. The highest BCUT2D eigenvalue weighted by Crippen LogP contribution is 2.44. The largest absolute Gasteiger partial charge is 0.461 e. The molecule has 0 N–H and O–H groups in total. The van der Waals surface area contributed by atoms with Gasteiger partial charge in [0, 0.05) is 27.0 Å². The van der Waals surface area contributed by atoms with Crippen LogP contribution in [0.2, 0.25) is 5.02 Å². The molecule has 30 heavy (non-hydrogen) atoms. The summed E-state index contributed by atoms with van der Waals surface area (Å²) in [6.07, 6.45) is -0.122. The van der Waals surface area contributed by atoms with Gasteiger partial charge in [-0.3, -0.25) is 4.79 Å². The van der Waals surface area contributed by atoms with Gasteiger partial charge in [-0.1, -0.05) is 69.5 Å². The fraction of sp³-hybridized carbons (Fsp3) is 0.167. The summed E-state index contributed by atoms with van der Waals surface area (Å²) in [6, 6.07) is 21.0. The maximum Gasteiger partial charge on any atom is 0.251 e. The Morgan fingerprint density at radius 2 is 1.83 bits per heavy atom. The van der Waals surface area contributed by atoms with Crippen LogP contribution >= 0.6 is 27.5 Å². The predicted molar refractivity (Wildman–Crippen MR) is 121 cm³/mol. The summed E-state index contributed by atoms with van der Waals surface area (Å²) < 4.78 is 7.14. The second-order valence-electron chi connectivity index (χ2n) is 7.54. The van der Waals surface area contributed by atoms with Crippen LogP contribution in [-0.4, -0.2) is 22.7 Å². The molecule has 0 bridgehead atoms. The first-order valence-corrected chi connectivity index (χ1v) is 10.9. The molecule has 0 saturated carbocycles. The molecule has 2 atom stereocenters. The molecule has 2 aliphatic heterocycles. The molecule has 0 amide bonds. The van der Waals surface area contributed by atoms with Gasteiger partial charge >= 0.3 is 0 Å². The monoisotopic (exact) mass is 480 g/mol. The lowest BCUT2D eigenvalue weighted by molar-refractivity contribution is -0.00459.